The molecule has 0 bridgehead atoms. The predicted octanol–water partition coefficient (Wildman–Crippen LogP) is 4.15. The van der Waals surface area contributed by atoms with Crippen LogP contribution >= 0.6 is 0 Å². The second kappa shape index (κ2) is 7.79. The van der Waals surface area contributed by atoms with Crippen molar-refractivity contribution in [2.45, 2.75) is 27.0 Å². The van der Waals surface area contributed by atoms with Crippen molar-refractivity contribution in [2.75, 3.05) is 6.54 Å². The predicted molar refractivity (Wildman–Crippen MR) is 83.7 cm³/mol. The third-order valence-electron chi connectivity index (χ3n) is 3.18. The van der Waals surface area contributed by atoms with Crippen molar-refractivity contribution >= 4 is 0 Å². The van der Waals surface area contributed by atoms with Crippen molar-refractivity contribution in [3.8, 4) is 5.75 Å². The molecule has 2 rings (SSSR count). The molecule has 0 atom stereocenters. The molecule has 0 radical (unpaired) electrons. The Morgan fingerprint density at radius 2 is 1.67 bits per heavy atom. The summed E-state index contributed by atoms with van der Waals surface area (Å²) in [5, 5.41) is 3.40. The Labute approximate surface area is 126 Å². The van der Waals surface area contributed by atoms with Crippen LogP contribution in [-0.4, -0.2) is 6.54 Å². The minimum atomic E-state index is -0.229. The Hall–Kier alpha value is -1.87. The first-order valence-electron chi connectivity index (χ1n) is 7.31. The summed E-state index contributed by atoms with van der Waals surface area (Å²) in [7, 11) is 0. The molecule has 2 aromatic carbocycles. The van der Waals surface area contributed by atoms with Gasteiger partial charge in [-0.2, -0.15) is 0 Å². The van der Waals surface area contributed by atoms with E-state index in [1.807, 2.05) is 30.3 Å². The molecule has 0 heterocycles. The number of benzene rings is 2. The quantitative estimate of drug-likeness (QED) is 0.826. The summed E-state index contributed by atoms with van der Waals surface area (Å²) in [5.74, 6) is 1.18. The summed E-state index contributed by atoms with van der Waals surface area (Å²) < 4.78 is 19.4. The van der Waals surface area contributed by atoms with Gasteiger partial charge in [0.05, 0.1) is 0 Å². The van der Waals surface area contributed by atoms with Crippen LogP contribution in [0.2, 0.25) is 0 Å². The van der Waals surface area contributed by atoms with Gasteiger partial charge >= 0.3 is 0 Å². The molecule has 112 valence electrons. The molecule has 0 saturated carbocycles. The maximum atomic E-state index is 13.6. The highest BCUT2D eigenvalue weighted by atomic mass is 19.1. The van der Waals surface area contributed by atoms with E-state index in [1.54, 1.807) is 12.1 Å². The van der Waals surface area contributed by atoms with Crippen LogP contribution in [0.5, 0.6) is 5.75 Å². The topological polar surface area (TPSA) is 21.3 Å². The van der Waals surface area contributed by atoms with Crippen LogP contribution in [0, 0.1) is 11.7 Å². The minimum Gasteiger partial charge on any atom is -0.488 e. The summed E-state index contributed by atoms with van der Waals surface area (Å²) in [5.41, 5.74) is 1.66. The average molecular weight is 287 g/mol. The van der Waals surface area contributed by atoms with E-state index in [4.69, 9.17) is 4.74 Å². The lowest BCUT2D eigenvalue weighted by Crippen LogP contribution is -2.19. The molecule has 0 aliphatic rings. The monoisotopic (exact) mass is 287 g/mol. The van der Waals surface area contributed by atoms with Gasteiger partial charge < -0.3 is 10.1 Å². The lowest BCUT2D eigenvalue weighted by Gasteiger charge is -2.13. The molecule has 0 aliphatic carbocycles. The van der Waals surface area contributed by atoms with Gasteiger partial charge in [-0.25, -0.2) is 4.39 Å². The first kappa shape index (κ1) is 15.5. The van der Waals surface area contributed by atoms with Crippen molar-refractivity contribution in [1.82, 2.24) is 5.32 Å². The molecule has 0 unspecified atom stereocenters. The highest BCUT2D eigenvalue weighted by Gasteiger charge is 2.06. The average Bonchev–Trinajstić information content (AvgIpc) is 2.47. The zero-order chi connectivity index (χ0) is 15.1. The van der Waals surface area contributed by atoms with E-state index in [9.17, 15) is 4.39 Å². The summed E-state index contributed by atoms with van der Waals surface area (Å²) in [6, 6.07) is 14.6. The molecule has 0 fully saturated rings. The summed E-state index contributed by atoms with van der Waals surface area (Å²) in [6.45, 7) is 6.31. The second-order valence-corrected chi connectivity index (χ2v) is 5.51. The van der Waals surface area contributed by atoms with Gasteiger partial charge in [-0.05, 0) is 24.6 Å². The lowest BCUT2D eigenvalue weighted by atomic mass is 10.1. The van der Waals surface area contributed by atoms with Gasteiger partial charge in [0.25, 0.3) is 0 Å². The summed E-state index contributed by atoms with van der Waals surface area (Å²) >= 11 is 0. The fourth-order valence-corrected chi connectivity index (χ4v) is 2.06. The standard InChI is InChI=1S/C18H22FNO/c1-14(2)11-20-12-15-7-4-6-10-18(15)21-13-16-8-3-5-9-17(16)19/h3-10,14,20H,11-13H2,1-2H3. The fourth-order valence-electron chi connectivity index (χ4n) is 2.06. The number of ether oxygens (including phenoxy) is 1. The molecule has 2 nitrogen and oxygen atoms in total. The molecule has 1 N–H and O–H groups in total. The van der Waals surface area contributed by atoms with Gasteiger partial charge in [0.2, 0.25) is 0 Å². The Balaban J connectivity index is 1.98. The van der Waals surface area contributed by atoms with E-state index in [2.05, 4.69) is 19.2 Å². The summed E-state index contributed by atoms with van der Waals surface area (Å²) in [6.07, 6.45) is 0. The largest absolute Gasteiger partial charge is 0.488 e. The molecule has 21 heavy (non-hydrogen) atoms. The minimum absolute atomic E-state index is 0.229. The van der Waals surface area contributed by atoms with Gasteiger partial charge in [-0.1, -0.05) is 50.2 Å². The molecule has 0 amide bonds. The number of hydrogen-bond acceptors (Lipinski definition) is 2. The van der Waals surface area contributed by atoms with Crippen molar-refractivity contribution in [2.24, 2.45) is 5.92 Å². The smallest absolute Gasteiger partial charge is 0.129 e. The molecule has 0 saturated heterocycles. The molecule has 0 spiro atoms. The lowest BCUT2D eigenvalue weighted by molar-refractivity contribution is 0.296. The normalized spacial score (nSPS) is 10.9. The van der Waals surface area contributed by atoms with Crippen LogP contribution in [0.3, 0.4) is 0 Å². The zero-order valence-electron chi connectivity index (χ0n) is 12.6. The van der Waals surface area contributed by atoms with Crippen LogP contribution in [0.25, 0.3) is 0 Å². The molecule has 2 aromatic rings. The van der Waals surface area contributed by atoms with E-state index < -0.39 is 0 Å². The van der Waals surface area contributed by atoms with Crippen LogP contribution in [-0.2, 0) is 13.2 Å². The molecule has 3 heteroatoms. The van der Waals surface area contributed by atoms with Crippen LogP contribution in [0.4, 0.5) is 4.39 Å². The van der Waals surface area contributed by atoms with Gasteiger partial charge in [0.15, 0.2) is 0 Å². The SMILES string of the molecule is CC(C)CNCc1ccccc1OCc1ccccc1F. The number of nitrogens with one attached hydrogen (secondary N) is 1. The van der Waals surface area contributed by atoms with E-state index in [1.165, 1.54) is 6.07 Å². The van der Waals surface area contributed by atoms with Crippen LogP contribution in [0.15, 0.2) is 48.5 Å². The number of halogens is 1. The van der Waals surface area contributed by atoms with Crippen LogP contribution in [0.1, 0.15) is 25.0 Å². The Morgan fingerprint density at radius 1 is 1.00 bits per heavy atom. The maximum absolute atomic E-state index is 13.6. The van der Waals surface area contributed by atoms with Crippen LogP contribution < -0.4 is 10.1 Å². The Bertz CT molecular complexity index is 569. The molecular formula is C18H22FNO. The van der Waals surface area contributed by atoms with Gasteiger partial charge in [-0.3, -0.25) is 0 Å². The first-order chi connectivity index (χ1) is 10.2. The van der Waals surface area contributed by atoms with Crippen molar-refractivity contribution in [1.29, 1.82) is 0 Å². The van der Waals surface area contributed by atoms with Gasteiger partial charge in [-0.15, -0.1) is 0 Å². The van der Waals surface area contributed by atoms with Crippen molar-refractivity contribution in [3.05, 3.63) is 65.5 Å². The van der Waals surface area contributed by atoms with Crippen molar-refractivity contribution < 1.29 is 9.13 Å². The maximum Gasteiger partial charge on any atom is 0.129 e. The van der Waals surface area contributed by atoms with E-state index in [0.717, 1.165) is 24.4 Å². The van der Waals surface area contributed by atoms with Gasteiger partial charge in [0.1, 0.15) is 18.2 Å². The number of para-hydroxylation sites is 1. The van der Waals surface area contributed by atoms with E-state index >= 15 is 0 Å². The molecule has 0 aliphatic heterocycles. The molecular weight excluding hydrogens is 265 g/mol. The first-order valence-corrected chi connectivity index (χ1v) is 7.31. The van der Waals surface area contributed by atoms with Gasteiger partial charge in [0, 0.05) is 17.7 Å². The highest BCUT2D eigenvalue weighted by molar-refractivity contribution is 5.33. The molecule has 0 aromatic heterocycles. The third-order valence-corrected chi connectivity index (χ3v) is 3.18. The zero-order valence-corrected chi connectivity index (χ0v) is 12.6. The highest BCUT2D eigenvalue weighted by Crippen LogP contribution is 2.20. The summed E-state index contributed by atoms with van der Waals surface area (Å²) in [4.78, 5) is 0. The van der Waals surface area contributed by atoms with Crippen molar-refractivity contribution in [3.63, 3.8) is 0 Å². The Kier molecular flexibility index (Phi) is 5.76. The fraction of sp³-hybridized carbons (Fsp3) is 0.333. The Morgan fingerprint density at radius 3 is 2.38 bits per heavy atom. The number of hydrogen-bond donors (Lipinski definition) is 1. The second-order valence-electron chi connectivity index (χ2n) is 5.51. The third kappa shape index (κ3) is 4.87. The van der Waals surface area contributed by atoms with E-state index in [-0.39, 0.29) is 12.4 Å². The van der Waals surface area contributed by atoms with E-state index in [0.29, 0.717) is 11.5 Å². The number of rotatable bonds is 7.